The molecule has 0 spiro atoms. The maximum Gasteiger partial charge on any atom is 0.404 e. The molecule has 3 aromatic rings. The van der Waals surface area contributed by atoms with Gasteiger partial charge in [-0.05, 0) is 31.9 Å². The van der Waals surface area contributed by atoms with Gasteiger partial charge in [-0.3, -0.25) is 4.68 Å². The quantitative estimate of drug-likeness (QED) is 0.300. The van der Waals surface area contributed by atoms with E-state index in [1.165, 1.54) is 6.33 Å². The molecule has 2 N–H and O–H groups in total. The van der Waals surface area contributed by atoms with Crippen molar-refractivity contribution in [2.45, 2.75) is 70.6 Å². The number of ether oxygens (including phenoxy) is 1. The summed E-state index contributed by atoms with van der Waals surface area (Å²) in [5.41, 5.74) is 0.729. The molecule has 11 heteroatoms. The summed E-state index contributed by atoms with van der Waals surface area (Å²) >= 11 is 0. The highest BCUT2D eigenvalue weighted by Crippen LogP contribution is 2.49. The molecular formula is C25H35N7O3Si. The summed E-state index contributed by atoms with van der Waals surface area (Å²) in [5.74, 6) is 0. The van der Waals surface area contributed by atoms with Crippen molar-refractivity contribution in [1.29, 1.82) is 5.26 Å². The van der Waals surface area contributed by atoms with E-state index in [-0.39, 0.29) is 6.54 Å². The van der Waals surface area contributed by atoms with Gasteiger partial charge in [0.05, 0.1) is 18.0 Å². The highest BCUT2D eigenvalue weighted by molar-refractivity contribution is 6.76. The van der Waals surface area contributed by atoms with Gasteiger partial charge in [-0.1, -0.05) is 32.5 Å². The van der Waals surface area contributed by atoms with Crippen LogP contribution in [0.15, 0.2) is 31.0 Å². The Morgan fingerprint density at radius 3 is 2.75 bits per heavy atom. The molecule has 0 aromatic carbocycles. The molecule has 0 bridgehead atoms. The zero-order valence-electron chi connectivity index (χ0n) is 21.5. The molecule has 1 aliphatic carbocycles. The number of nitrogens with zero attached hydrogens (tertiary/aromatic N) is 6. The van der Waals surface area contributed by atoms with Crippen molar-refractivity contribution < 1.29 is 14.6 Å². The van der Waals surface area contributed by atoms with Crippen molar-refractivity contribution in [3.05, 3.63) is 31.0 Å². The van der Waals surface area contributed by atoms with Crippen molar-refractivity contribution in [2.24, 2.45) is 5.41 Å². The maximum absolute atomic E-state index is 11.3. The van der Waals surface area contributed by atoms with E-state index < -0.39 is 25.1 Å². The third-order valence-corrected chi connectivity index (χ3v) is 9.19. The molecule has 3 aromatic heterocycles. The van der Waals surface area contributed by atoms with Crippen LogP contribution in [0.1, 0.15) is 32.6 Å². The van der Waals surface area contributed by atoms with E-state index in [2.05, 4.69) is 46.1 Å². The van der Waals surface area contributed by atoms with Crippen LogP contribution in [0.5, 0.6) is 0 Å². The molecule has 4 rings (SSSR count). The fraction of sp³-hybridized carbons (Fsp3) is 0.560. The van der Waals surface area contributed by atoms with Gasteiger partial charge >= 0.3 is 6.09 Å². The molecular weight excluding hydrogens is 474 g/mol. The van der Waals surface area contributed by atoms with Crippen LogP contribution in [-0.2, 0) is 17.0 Å². The number of aromatic nitrogens is 5. The third-order valence-electron chi connectivity index (χ3n) is 7.49. The fourth-order valence-corrected chi connectivity index (χ4v) is 5.87. The Morgan fingerprint density at radius 1 is 1.33 bits per heavy atom. The van der Waals surface area contributed by atoms with Gasteiger partial charge in [0.1, 0.15) is 18.7 Å². The van der Waals surface area contributed by atoms with Crippen LogP contribution in [0.2, 0.25) is 25.7 Å². The predicted molar refractivity (Wildman–Crippen MR) is 139 cm³/mol. The lowest BCUT2D eigenvalue weighted by atomic mass is 9.69. The van der Waals surface area contributed by atoms with Gasteiger partial charge in [-0.15, -0.1) is 0 Å². The largest absolute Gasteiger partial charge is 0.465 e. The molecule has 3 heterocycles. The zero-order valence-corrected chi connectivity index (χ0v) is 22.5. The van der Waals surface area contributed by atoms with Crippen LogP contribution in [0.4, 0.5) is 4.79 Å². The first-order chi connectivity index (χ1) is 17.1. The molecule has 192 valence electrons. The van der Waals surface area contributed by atoms with Crippen molar-refractivity contribution in [1.82, 2.24) is 29.6 Å². The molecule has 1 aliphatic rings. The Morgan fingerprint density at radius 2 is 2.08 bits per heavy atom. The fourth-order valence-electron chi connectivity index (χ4n) is 5.11. The molecule has 1 amide bonds. The highest BCUT2D eigenvalue weighted by Gasteiger charge is 2.52. The summed E-state index contributed by atoms with van der Waals surface area (Å²) < 4.78 is 9.57. The van der Waals surface area contributed by atoms with Crippen LogP contribution in [-0.4, -0.2) is 56.7 Å². The van der Waals surface area contributed by atoms with E-state index in [4.69, 9.17) is 4.74 Å². The molecule has 0 aliphatic heterocycles. The van der Waals surface area contributed by atoms with Crippen LogP contribution in [0.25, 0.3) is 22.3 Å². The first-order valence-corrected chi connectivity index (χ1v) is 16.1. The zero-order chi connectivity index (χ0) is 26.0. The summed E-state index contributed by atoms with van der Waals surface area (Å²) in [7, 11) is -1.15. The van der Waals surface area contributed by atoms with Crippen LogP contribution in [0.3, 0.4) is 0 Å². The smallest absolute Gasteiger partial charge is 0.404 e. The van der Waals surface area contributed by atoms with E-state index in [0.29, 0.717) is 6.73 Å². The Bertz CT molecular complexity index is 1270. The normalized spacial score (nSPS) is 17.1. The minimum atomic E-state index is -1.15. The monoisotopic (exact) mass is 509 g/mol. The average Bonchev–Trinajstić information content (AvgIpc) is 3.60. The molecule has 1 atom stereocenters. The molecule has 1 saturated carbocycles. The SMILES string of the molecule is CC(C#N)(n1cc(-c2ncnc3c2ccn3COCC[Si](C)(C)C)cn1)C1(CNC(=O)O)CCCC1. The standard InChI is InChI=1S/C25H35N7O3Si/c1-24(15-26,25(8-5-6-9-25)16-27-23(33)34)32-14-19(13-30-32)21-20-7-10-31(22(20)29-17-28-21)18-35-11-12-36(2,3)4/h7,10,13-14,17,27H,5-6,8-9,11-12,16,18H2,1-4H3,(H,33,34). The van der Waals surface area contributed by atoms with Gasteiger partial charge < -0.3 is 19.7 Å². The number of hydrogen-bond donors (Lipinski definition) is 2. The van der Waals surface area contributed by atoms with Gasteiger partial charge in [0.2, 0.25) is 0 Å². The van der Waals surface area contributed by atoms with E-state index in [1.807, 2.05) is 30.0 Å². The topological polar surface area (TPSA) is 131 Å². The summed E-state index contributed by atoms with van der Waals surface area (Å²) in [6.07, 6.45) is 9.37. The molecule has 1 unspecified atom stereocenters. The van der Waals surface area contributed by atoms with Crippen molar-refractivity contribution in [3.8, 4) is 17.3 Å². The number of nitriles is 1. The highest BCUT2D eigenvalue weighted by atomic mass is 28.3. The van der Waals surface area contributed by atoms with Crippen LogP contribution >= 0.6 is 0 Å². The lowest BCUT2D eigenvalue weighted by Crippen LogP contribution is -2.52. The summed E-state index contributed by atoms with van der Waals surface area (Å²) in [6.45, 7) is 10.2. The first kappa shape index (κ1) is 25.8. The Labute approximate surface area is 212 Å². The first-order valence-electron chi connectivity index (χ1n) is 12.4. The lowest BCUT2D eigenvalue weighted by Gasteiger charge is -2.41. The number of amides is 1. The molecule has 10 nitrogen and oxygen atoms in total. The number of rotatable bonds is 10. The van der Waals surface area contributed by atoms with Crippen molar-refractivity contribution in [3.63, 3.8) is 0 Å². The van der Waals surface area contributed by atoms with Crippen molar-refractivity contribution in [2.75, 3.05) is 13.2 Å². The van der Waals surface area contributed by atoms with Gasteiger partial charge in [0.25, 0.3) is 0 Å². The number of carbonyl (C=O) groups is 1. The Kier molecular flexibility index (Phi) is 7.20. The van der Waals surface area contributed by atoms with Crippen molar-refractivity contribution >= 4 is 25.2 Å². The van der Waals surface area contributed by atoms with E-state index >= 15 is 0 Å². The molecule has 1 fully saturated rings. The van der Waals surface area contributed by atoms with E-state index in [9.17, 15) is 15.2 Å². The van der Waals surface area contributed by atoms with Crippen LogP contribution in [0, 0.1) is 16.7 Å². The maximum atomic E-state index is 11.3. The van der Waals surface area contributed by atoms with E-state index in [0.717, 1.165) is 60.6 Å². The lowest BCUT2D eigenvalue weighted by molar-refractivity contribution is 0.0899. The second kappa shape index (κ2) is 10.0. The number of fused-ring (bicyclic) bond motifs is 1. The third kappa shape index (κ3) is 5.01. The molecule has 0 saturated heterocycles. The number of nitrogens with one attached hydrogen (secondary N) is 1. The Balaban J connectivity index is 1.61. The summed E-state index contributed by atoms with van der Waals surface area (Å²) in [6, 6.07) is 5.54. The summed E-state index contributed by atoms with van der Waals surface area (Å²) in [5, 5.41) is 27.5. The number of carboxylic acid groups (broad SMARTS) is 1. The van der Waals surface area contributed by atoms with Gasteiger partial charge in [-0.2, -0.15) is 10.4 Å². The van der Waals surface area contributed by atoms with Crippen LogP contribution < -0.4 is 5.32 Å². The van der Waals surface area contributed by atoms with E-state index in [1.54, 1.807) is 10.9 Å². The predicted octanol–water partition coefficient (Wildman–Crippen LogP) is 4.67. The second-order valence-electron chi connectivity index (χ2n) is 11.1. The van der Waals surface area contributed by atoms with Gasteiger partial charge in [-0.25, -0.2) is 14.8 Å². The van der Waals surface area contributed by atoms with Gasteiger partial charge in [0, 0.05) is 50.0 Å². The summed E-state index contributed by atoms with van der Waals surface area (Å²) in [4.78, 5) is 20.3. The second-order valence-corrected chi connectivity index (χ2v) is 16.7. The number of hydrogen-bond acceptors (Lipinski definition) is 6. The Hall–Kier alpha value is -3.23. The minimum Gasteiger partial charge on any atom is -0.465 e. The van der Waals surface area contributed by atoms with Gasteiger partial charge in [0.15, 0.2) is 5.54 Å². The minimum absolute atomic E-state index is 0.208. The molecule has 0 radical (unpaired) electrons. The molecule has 36 heavy (non-hydrogen) atoms. The average molecular weight is 510 g/mol.